The number of hydrogen-bond donors (Lipinski definition) is 0. The molecule has 0 fully saturated rings. The van der Waals surface area contributed by atoms with Gasteiger partial charge < -0.3 is 9.30 Å². The van der Waals surface area contributed by atoms with Crippen molar-refractivity contribution in [2.45, 2.75) is 0 Å². The van der Waals surface area contributed by atoms with E-state index in [-0.39, 0.29) is 0 Å². The maximum atomic E-state index is 6.34. The molecular weight excluding hydrogens is 282 g/mol. The summed E-state index contributed by atoms with van der Waals surface area (Å²) in [4.78, 5) is 0. The first kappa shape index (κ1) is 12.5. The lowest BCUT2D eigenvalue weighted by Crippen LogP contribution is -1.93. The van der Waals surface area contributed by atoms with Gasteiger partial charge in [0, 0.05) is 34.5 Å². The summed E-state index contributed by atoms with van der Waals surface area (Å²) in [5, 5.41) is 2.49. The molecule has 23 heavy (non-hydrogen) atoms. The Morgan fingerprint density at radius 2 is 1.52 bits per heavy atom. The lowest BCUT2D eigenvalue weighted by molar-refractivity contribution is 0.485. The van der Waals surface area contributed by atoms with Crippen LogP contribution in [0.4, 0.5) is 0 Å². The van der Waals surface area contributed by atoms with E-state index in [1.807, 2.05) is 18.2 Å². The van der Waals surface area contributed by atoms with Crippen LogP contribution in [0.2, 0.25) is 0 Å². The summed E-state index contributed by atoms with van der Waals surface area (Å²) >= 11 is 0. The minimum Gasteiger partial charge on any atom is -0.454 e. The second-order valence-corrected chi connectivity index (χ2v) is 5.93. The number of fused-ring (bicyclic) bond motifs is 6. The Bertz CT molecular complexity index is 1100. The molecule has 2 nitrogen and oxygen atoms in total. The van der Waals surface area contributed by atoms with E-state index >= 15 is 0 Å². The van der Waals surface area contributed by atoms with Crippen LogP contribution in [-0.4, -0.2) is 4.57 Å². The smallest absolute Gasteiger partial charge is 0.158 e. The predicted molar refractivity (Wildman–Crippen MR) is 95.9 cm³/mol. The van der Waals surface area contributed by atoms with Crippen molar-refractivity contribution < 1.29 is 4.74 Å². The van der Waals surface area contributed by atoms with Crippen LogP contribution in [0, 0.1) is 0 Å². The molecule has 5 rings (SSSR count). The average Bonchev–Trinajstić information content (AvgIpc) is 2.77. The van der Waals surface area contributed by atoms with Crippen molar-refractivity contribution in [3.8, 4) is 11.5 Å². The molecule has 0 saturated heterocycles. The number of rotatable bonds is 0. The van der Waals surface area contributed by atoms with Crippen LogP contribution in [-0.2, 0) is 7.05 Å². The van der Waals surface area contributed by atoms with Crippen LogP contribution >= 0.6 is 0 Å². The molecule has 4 aromatic rings. The summed E-state index contributed by atoms with van der Waals surface area (Å²) < 4.78 is 8.57. The number of hydrogen-bond acceptors (Lipinski definition) is 1. The third-order valence-electron chi connectivity index (χ3n) is 4.63. The van der Waals surface area contributed by atoms with Gasteiger partial charge in [-0.3, -0.25) is 0 Å². The highest BCUT2D eigenvalue weighted by molar-refractivity contribution is 6.11. The number of aromatic nitrogens is 1. The molecule has 0 spiro atoms. The van der Waals surface area contributed by atoms with Gasteiger partial charge in [-0.1, -0.05) is 60.7 Å². The molecule has 0 amide bonds. The molecule has 0 N–H and O–H groups in total. The molecule has 0 radical (unpaired) electrons. The maximum Gasteiger partial charge on any atom is 0.158 e. The fraction of sp³-hybridized carbons (Fsp3) is 0.0476. The third kappa shape index (κ3) is 1.69. The maximum absolute atomic E-state index is 6.34. The first-order chi connectivity index (χ1) is 11.3. The summed E-state index contributed by atoms with van der Waals surface area (Å²) in [5.74, 6) is 1.84. The molecule has 0 unspecified atom stereocenters. The zero-order valence-corrected chi connectivity index (χ0v) is 12.8. The molecule has 0 saturated carbocycles. The quantitative estimate of drug-likeness (QED) is 0.362. The second kappa shape index (κ2) is 4.50. The molecule has 2 heterocycles. The van der Waals surface area contributed by atoms with Gasteiger partial charge in [0.2, 0.25) is 0 Å². The number of nitrogens with zero attached hydrogens (tertiary/aromatic N) is 1. The van der Waals surface area contributed by atoms with Gasteiger partial charge >= 0.3 is 0 Å². The van der Waals surface area contributed by atoms with Crippen LogP contribution in [0.25, 0.3) is 34.0 Å². The van der Waals surface area contributed by atoms with Gasteiger partial charge in [0.15, 0.2) is 5.75 Å². The Labute approximate surface area is 134 Å². The second-order valence-electron chi connectivity index (χ2n) is 5.93. The Morgan fingerprint density at radius 1 is 0.739 bits per heavy atom. The van der Waals surface area contributed by atoms with Crippen molar-refractivity contribution in [3.05, 3.63) is 71.8 Å². The van der Waals surface area contributed by atoms with Gasteiger partial charge in [-0.15, -0.1) is 0 Å². The van der Waals surface area contributed by atoms with E-state index in [9.17, 15) is 0 Å². The summed E-state index contributed by atoms with van der Waals surface area (Å²) in [6.45, 7) is 0. The van der Waals surface area contributed by atoms with Crippen molar-refractivity contribution in [2.75, 3.05) is 0 Å². The zero-order valence-electron chi connectivity index (χ0n) is 12.8. The van der Waals surface area contributed by atoms with Crippen molar-refractivity contribution >= 4 is 34.0 Å². The number of para-hydroxylation sites is 2. The van der Waals surface area contributed by atoms with Crippen LogP contribution < -0.4 is 4.74 Å². The molecule has 0 atom stereocenters. The number of benzene rings is 3. The van der Waals surface area contributed by atoms with E-state index in [1.54, 1.807) is 0 Å². The minimum absolute atomic E-state index is 0.903. The summed E-state index contributed by atoms with van der Waals surface area (Å²) in [7, 11) is 2.11. The van der Waals surface area contributed by atoms with Gasteiger partial charge in [0.25, 0.3) is 0 Å². The summed E-state index contributed by atoms with van der Waals surface area (Å²) in [5.41, 5.74) is 4.58. The Morgan fingerprint density at radius 3 is 2.48 bits per heavy atom. The molecule has 3 aromatic carbocycles. The van der Waals surface area contributed by atoms with E-state index in [0.717, 1.165) is 28.1 Å². The van der Waals surface area contributed by atoms with Crippen LogP contribution in [0.5, 0.6) is 11.5 Å². The lowest BCUT2D eigenvalue weighted by atomic mass is 10.1. The van der Waals surface area contributed by atoms with Gasteiger partial charge in [-0.05, 0) is 12.1 Å². The largest absolute Gasteiger partial charge is 0.454 e. The minimum atomic E-state index is 0.903. The van der Waals surface area contributed by atoms with Gasteiger partial charge in [0.05, 0.1) is 5.52 Å². The predicted octanol–water partition coefficient (Wildman–Crippen LogP) is 5.61. The van der Waals surface area contributed by atoms with Crippen molar-refractivity contribution in [2.24, 2.45) is 7.05 Å². The Balaban J connectivity index is 1.91. The Hall–Kier alpha value is -3.00. The van der Waals surface area contributed by atoms with E-state index in [2.05, 4.69) is 66.2 Å². The number of aryl methyl sites for hydroxylation is 1. The molecule has 0 aliphatic carbocycles. The number of ether oxygens (including phenoxy) is 1. The normalized spacial score (nSPS) is 12.7. The highest BCUT2D eigenvalue weighted by Gasteiger charge is 2.18. The van der Waals surface area contributed by atoms with Crippen LogP contribution in [0.1, 0.15) is 11.1 Å². The third-order valence-corrected chi connectivity index (χ3v) is 4.63. The Kier molecular flexibility index (Phi) is 2.45. The highest BCUT2D eigenvalue weighted by atomic mass is 16.5. The molecule has 1 aromatic heterocycles. The first-order valence-corrected chi connectivity index (χ1v) is 7.78. The molecule has 1 aliphatic heterocycles. The van der Waals surface area contributed by atoms with Gasteiger partial charge in [-0.2, -0.15) is 0 Å². The van der Waals surface area contributed by atoms with Gasteiger partial charge in [-0.25, -0.2) is 0 Å². The van der Waals surface area contributed by atoms with Crippen molar-refractivity contribution in [3.63, 3.8) is 0 Å². The van der Waals surface area contributed by atoms with Crippen molar-refractivity contribution in [1.29, 1.82) is 0 Å². The van der Waals surface area contributed by atoms with Gasteiger partial charge in [0.1, 0.15) is 5.75 Å². The topological polar surface area (TPSA) is 14.2 Å². The zero-order chi connectivity index (χ0) is 15.4. The van der Waals surface area contributed by atoms with Crippen LogP contribution in [0.3, 0.4) is 0 Å². The SMILES string of the molecule is Cn1c2ccccc2c2ccc3c(c21)Oc1ccccc1C=C3. The monoisotopic (exact) mass is 297 g/mol. The van der Waals surface area contributed by atoms with E-state index in [0.29, 0.717) is 0 Å². The van der Waals surface area contributed by atoms with Crippen molar-refractivity contribution in [1.82, 2.24) is 4.57 Å². The molecular formula is C21H15NO. The summed E-state index contributed by atoms with van der Waals surface area (Å²) in [6, 6.07) is 21.0. The fourth-order valence-electron chi connectivity index (χ4n) is 3.49. The molecule has 1 aliphatic rings. The first-order valence-electron chi connectivity index (χ1n) is 7.78. The summed E-state index contributed by atoms with van der Waals surface area (Å²) in [6.07, 6.45) is 4.26. The molecule has 110 valence electrons. The van der Waals surface area contributed by atoms with Crippen LogP contribution in [0.15, 0.2) is 60.7 Å². The molecule has 0 bridgehead atoms. The standard InChI is InChI=1S/C21H15NO/c1-22-18-8-4-3-7-16(18)17-13-12-15-11-10-14-6-2-5-9-19(14)23-21(15)20(17)22/h2-13H,1H3. The lowest BCUT2D eigenvalue weighted by Gasteiger charge is -2.11. The fourth-order valence-corrected chi connectivity index (χ4v) is 3.49. The van der Waals surface area contributed by atoms with E-state index in [4.69, 9.17) is 4.74 Å². The average molecular weight is 297 g/mol. The van der Waals surface area contributed by atoms with E-state index < -0.39 is 0 Å². The highest BCUT2D eigenvalue weighted by Crippen LogP contribution is 2.41. The molecule has 2 heteroatoms. The van der Waals surface area contributed by atoms with E-state index in [1.165, 1.54) is 16.3 Å².